The fraction of sp³-hybridized carbons (Fsp3) is 0.929. The normalized spacial score (nSPS) is 18.4. The Hall–Kier alpha value is 0.430. The van der Waals surface area contributed by atoms with Crippen LogP contribution >= 0.6 is 31.9 Å². The van der Waals surface area contributed by atoms with Crippen LogP contribution in [0.1, 0.15) is 58.3 Å². The number of carbonyl (C=O) groups is 1. The summed E-state index contributed by atoms with van der Waals surface area (Å²) in [4.78, 5) is 12.2. The van der Waals surface area contributed by atoms with Gasteiger partial charge in [0.05, 0.1) is 5.54 Å². The summed E-state index contributed by atoms with van der Waals surface area (Å²) < 4.78 is 0. The summed E-state index contributed by atoms with van der Waals surface area (Å²) in [6.45, 7) is 2.12. The molecule has 0 aromatic heterocycles. The molecule has 106 valence electrons. The summed E-state index contributed by atoms with van der Waals surface area (Å²) in [5.41, 5.74) is -0.123. The molecule has 0 aromatic rings. The van der Waals surface area contributed by atoms with E-state index in [4.69, 9.17) is 0 Å². The quantitative estimate of drug-likeness (QED) is 0.535. The zero-order chi connectivity index (χ0) is 13.4. The number of alkyl halides is 2. The molecule has 1 aliphatic carbocycles. The van der Waals surface area contributed by atoms with Crippen molar-refractivity contribution in [3.05, 3.63) is 0 Å². The molecule has 1 rings (SSSR count). The van der Waals surface area contributed by atoms with Gasteiger partial charge in [0.2, 0.25) is 5.91 Å². The zero-order valence-electron chi connectivity index (χ0n) is 11.3. The minimum absolute atomic E-state index is 0.123. The van der Waals surface area contributed by atoms with E-state index in [1.54, 1.807) is 0 Å². The Morgan fingerprint density at radius 3 is 2.17 bits per heavy atom. The predicted octanol–water partition coefficient (Wildman–Crippen LogP) is 4.40. The fourth-order valence-electron chi connectivity index (χ4n) is 2.56. The molecule has 0 bridgehead atoms. The van der Waals surface area contributed by atoms with Gasteiger partial charge in [0, 0.05) is 17.1 Å². The molecular formula is C14H25Br2NO. The molecule has 1 N–H and O–H groups in total. The summed E-state index contributed by atoms with van der Waals surface area (Å²) >= 11 is 7.03. The summed E-state index contributed by atoms with van der Waals surface area (Å²) in [5, 5.41) is 4.82. The van der Waals surface area contributed by atoms with Crippen molar-refractivity contribution in [2.75, 3.05) is 10.7 Å². The van der Waals surface area contributed by atoms with E-state index in [9.17, 15) is 4.79 Å². The molecule has 18 heavy (non-hydrogen) atoms. The number of hydrogen-bond donors (Lipinski definition) is 1. The molecule has 0 aliphatic heterocycles. The van der Waals surface area contributed by atoms with Crippen LogP contribution in [0.4, 0.5) is 0 Å². The van der Waals surface area contributed by atoms with Crippen LogP contribution in [-0.4, -0.2) is 22.1 Å². The Labute approximate surface area is 128 Å². The largest absolute Gasteiger partial charge is 0.349 e. The molecule has 4 heteroatoms. The number of hydrogen-bond acceptors (Lipinski definition) is 1. The average molecular weight is 383 g/mol. The first kappa shape index (κ1) is 16.5. The van der Waals surface area contributed by atoms with Crippen molar-refractivity contribution < 1.29 is 4.79 Å². The van der Waals surface area contributed by atoms with Gasteiger partial charge in [-0.3, -0.25) is 4.79 Å². The Kier molecular flexibility index (Phi) is 7.85. The molecule has 0 heterocycles. The molecule has 0 spiro atoms. The molecule has 1 amide bonds. The van der Waals surface area contributed by atoms with Crippen molar-refractivity contribution in [1.82, 2.24) is 5.32 Å². The maximum atomic E-state index is 12.2. The molecule has 0 aromatic carbocycles. The van der Waals surface area contributed by atoms with E-state index >= 15 is 0 Å². The van der Waals surface area contributed by atoms with Crippen LogP contribution in [0.25, 0.3) is 0 Å². The predicted molar refractivity (Wildman–Crippen MR) is 84.6 cm³/mol. The Morgan fingerprint density at radius 2 is 1.72 bits per heavy atom. The minimum atomic E-state index is -0.123. The Bertz CT molecular complexity index is 238. The number of amides is 1. The molecule has 2 nitrogen and oxygen atoms in total. The lowest BCUT2D eigenvalue weighted by atomic mass is 9.95. The van der Waals surface area contributed by atoms with Crippen molar-refractivity contribution in [3.8, 4) is 0 Å². The third kappa shape index (κ3) is 5.20. The summed E-state index contributed by atoms with van der Waals surface area (Å²) in [7, 11) is 0. The number of halogens is 2. The second kappa shape index (κ2) is 8.57. The van der Waals surface area contributed by atoms with Crippen LogP contribution in [0, 0.1) is 5.92 Å². The van der Waals surface area contributed by atoms with E-state index in [0.29, 0.717) is 12.3 Å². The lowest BCUT2D eigenvalue weighted by Gasteiger charge is -2.30. The third-order valence-electron chi connectivity index (χ3n) is 4.04. The van der Waals surface area contributed by atoms with E-state index in [2.05, 4.69) is 44.1 Å². The van der Waals surface area contributed by atoms with Crippen LogP contribution in [0.15, 0.2) is 0 Å². The van der Waals surface area contributed by atoms with Gasteiger partial charge in [0.25, 0.3) is 0 Å². The first-order chi connectivity index (χ1) is 8.65. The zero-order valence-corrected chi connectivity index (χ0v) is 14.5. The van der Waals surface area contributed by atoms with Gasteiger partial charge in [-0.1, -0.05) is 64.5 Å². The van der Waals surface area contributed by atoms with Crippen molar-refractivity contribution >= 4 is 37.8 Å². The van der Waals surface area contributed by atoms with Gasteiger partial charge < -0.3 is 5.32 Å². The highest BCUT2D eigenvalue weighted by Gasteiger charge is 2.28. The highest BCUT2D eigenvalue weighted by Crippen LogP contribution is 2.26. The van der Waals surface area contributed by atoms with Crippen LogP contribution in [-0.2, 0) is 4.79 Å². The van der Waals surface area contributed by atoms with Crippen LogP contribution < -0.4 is 5.32 Å². The van der Waals surface area contributed by atoms with Crippen molar-refractivity contribution in [1.29, 1.82) is 0 Å². The lowest BCUT2D eigenvalue weighted by molar-refractivity contribution is -0.123. The van der Waals surface area contributed by atoms with Gasteiger partial charge in [-0.05, 0) is 25.2 Å². The van der Waals surface area contributed by atoms with Gasteiger partial charge in [-0.2, -0.15) is 0 Å². The maximum absolute atomic E-state index is 12.2. The van der Waals surface area contributed by atoms with E-state index < -0.39 is 0 Å². The second-order valence-corrected chi connectivity index (χ2v) is 6.63. The van der Waals surface area contributed by atoms with E-state index in [0.717, 1.165) is 17.1 Å². The number of nitrogens with one attached hydrogen (secondary N) is 1. The second-order valence-electron chi connectivity index (χ2n) is 5.51. The van der Waals surface area contributed by atoms with Crippen molar-refractivity contribution in [2.24, 2.45) is 5.92 Å². The summed E-state index contributed by atoms with van der Waals surface area (Å²) in [6, 6.07) is 0. The van der Waals surface area contributed by atoms with E-state index in [1.807, 2.05) is 0 Å². The first-order valence-corrected chi connectivity index (χ1v) is 9.33. The number of rotatable bonds is 6. The molecule has 1 aliphatic rings. The molecule has 1 saturated carbocycles. The van der Waals surface area contributed by atoms with Crippen LogP contribution in [0.3, 0.4) is 0 Å². The van der Waals surface area contributed by atoms with Crippen LogP contribution in [0.2, 0.25) is 0 Å². The average Bonchev–Trinajstić information content (AvgIpc) is 2.65. The van der Waals surface area contributed by atoms with Gasteiger partial charge in [-0.25, -0.2) is 0 Å². The molecular weight excluding hydrogens is 358 g/mol. The minimum Gasteiger partial charge on any atom is -0.349 e. The van der Waals surface area contributed by atoms with E-state index in [-0.39, 0.29) is 11.4 Å². The van der Waals surface area contributed by atoms with Gasteiger partial charge in [0.15, 0.2) is 0 Å². The van der Waals surface area contributed by atoms with Gasteiger partial charge in [-0.15, -0.1) is 0 Å². The summed E-state index contributed by atoms with van der Waals surface area (Å²) in [5.74, 6) is 0.829. The molecule has 0 unspecified atom stereocenters. The topological polar surface area (TPSA) is 29.1 Å². The molecule has 0 radical (unpaired) electrons. The molecule has 0 atom stereocenters. The number of carbonyl (C=O) groups excluding carboxylic acids is 1. The highest BCUT2D eigenvalue weighted by molar-refractivity contribution is 9.09. The Balaban J connectivity index is 2.43. The lowest BCUT2D eigenvalue weighted by Crippen LogP contribution is -2.51. The SMILES string of the molecule is CCC(CBr)(CBr)NC(=O)CC1CCCCCC1. The van der Waals surface area contributed by atoms with Gasteiger partial charge >= 0.3 is 0 Å². The third-order valence-corrected chi connectivity index (χ3v) is 6.19. The van der Waals surface area contributed by atoms with Crippen molar-refractivity contribution in [2.45, 2.75) is 63.8 Å². The van der Waals surface area contributed by atoms with Gasteiger partial charge in [0.1, 0.15) is 0 Å². The van der Waals surface area contributed by atoms with Crippen molar-refractivity contribution in [3.63, 3.8) is 0 Å². The Morgan fingerprint density at radius 1 is 1.17 bits per heavy atom. The smallest absolute Gasteiger partial charge is 0.220 e. The maximum Gasteiger partial charge on any atom is 0.220 e. The molecule has 1 fully saturated rings. The fourth-order valence-corrected chi connectivity index (χ4v) is 4.56. The summed E-state index contributed by atoms with van der Waals surface area (Å²) in [6.07, 6.45) is 9.41. The van der Waals surface area contributed by atoms with Crippen LogP contribution in [0.5, 0.6) is 0 Å². The first-order valence-electron chi connectivity index (χ1n) is 7.08. The highest BCUT2D eigenvalue weighted by atomic mass is 79.9. The standard InChI is InChI=1S/C14H25Br2NO/c1-2-14(10-15,11-16)17-13(18)9-12-7-5-3-4-6-8-12/h12H,2-11H2,1H3,(H,17,18). The molecule has 0 saturated heterocycles. The van der Waals surface area contributed by atoms with E-state index in [1.165, 1.54) is 38.5 Å². The monoisotopic (exact) mass is 381 g/mol.